The lowest BCUT2D eigenvalue weighted by Crippen LogP contribution is -2.32. The van der Waals surface area contributed by atoms with Crippen molar-refractivity contribution in [1.82, 2.24) is 9.88 Å². The molecule has 0 spiro atoms. The van der Waals surface area contributed by atoms with Crippen molar-refractivity contribution in [2.45, 2.75) is 13.0 Å². The van der Waals surface area contributed by atoms with Crippen LogP contribution in [0.4, 0.5) is 5.69 Å². The number of hydrogen-bond donors (Lipinski definition) is 1. The maximum absolute atomic E-state index is 13.5. The first kappa shape index (κ1) is 23.6. The number of amides is 1. The molecule has 34 heavy (non-hydrogen) atoms. The highest BCUT2D eigenvalue weighted by molar-refractivity contribution is 6.34. The van der Waals surface area contributed by atoms with Gasteiger partial charge in [0.2, 0.25) is 0 Å². The average molecular weight is 498 g/mol. The number of benzene rings is 3. The molecule has 0 aliphatic heterocycles. The van der Waals surface area contributed by atoms with Crippen LogP contribution in [0.5, 0.6) is 5.75 Å². The van der Waals surface area contributed by atoms with Gasteiger partial charge in [-0.1, -0.05) is 35.3 Å². The van der Waals surface area contributed by atoms with Crippen molar-refractivity contribution in [3.05, 3.63) is 104 Å². The molecule has 0 aliphatic rings. The number of fused-ring (bicyclic) bond motifs is 1. The Hall–Kier alpha value is -3.55. The normalized spacial score (nSPS) is 10.9. The molecule has 1 N–H and O–H groups in total. The number of ether oxygens (including phenoxy) is 1. The van der Waals surface area contributed by atoms with Gasteiger partial charge in [0, 0.05) is 47.3 Å². The highest BCUT2D eigenvalue weighted by atomic mass is 35.5. The van der Waals surface area contributed by atoms with Crippen LogP contribution in [0.15, 0.2) is 66.9 Å². The van der Waals surface area contributed by atoms with Crippen molar-refractivity contribution in [3.8, 4) is 5.75 Å². The maximum atomic E-state index is 13.5. The number of aromatic amines is 1. The summed E-state index contributed by atoms with van der Waals surface area (Å²) < 4.78 is 5.34. The van der Waals surface area contributed by atoms with Gasteiger partial charge in [-0.15, -0.1) is 0 Å². The minimum absolute atomic E-state index is 0.0390. The molecule has 0 unspecified atom stereocenters. The van der Waals surface area contributed by atoms with Gasteiger partial charge in [0.05, 0.1) is 22.6 Å². The number of aromatic nitrogens is 1. The van der Waals surface area contributed by atoms with Gasteiger partial charge < -0.3 is 14.6 Å². The van der Waals surface area contributed by atoms with Crippen LogP contribution in [-0.4, -0.2) is 34.4 Å². The van der Waals surface area contributed by atoms with Crippen LogP contribution in [0.25, 0.3) is 10.9 Å². The summed E-state index contributed by atoms with van der Waals surface area (Å²) in [5.74, 6) is 0.437. The van der Waals surface area contributed by atoms with E-state index >= 15 is 0 Å². The molecule has 0 atom stereocenters. The van der Waals surface area contributed by atoms with Crippen LogP contribution >= 0.6 is 23.2 Å². The second kappa shape index (κ2) is 10.2. The Morgan fingerprint density at radius 1 is 1.09 bits per heavy atom. The van der Waals surface area contributed by atoms with E-state index < -0.39 is 4.92 Å². The van der Waals surface area contributed by atoms with E-state index in [2.05, 4.69) is 4.98 Å². The zero-order chi connectivity index (χ0) is 24.2. The number of halogens is 2. The number of nitro benzene ring substituents is 1. The lowest BCUT2D eigenvalue weighted by molar-refractivity contribution is -0.384. The van der Waals surface area contributed by atoms with Crippen molar-refractivity contribution >= 4 is 45.7 Å². The average Bonchev–Trinajstić information content (AvgIpc) is 3.24. The Kier molecular flexibility index (Phi) is 7.05. The minimum Gasteiger partial charge on any atom is -0.497 e. The topological polar surface area (TPSA) is 88.5 Å². The Morgan fingerprint density at radius 2 is 1.85 bits per heavy atom. The fourth-order valence-electron chi connectivity index (χ4n) is 3.77. The first-order valence-corrected chi connectivity index (χ1v) is 11.2. The Bertz CT molecular complexity index is 1350. The summed E-state index contributed by atoms with van der Waals surface area (Å²) in [5, 5.41) is 12.7. The molecular weight excluding hydrogens is 477 g/mol. The second-order valence-corrected chi connectivity index (χ2v) is 8.59. The van der Waals surface area contributed by atoms with Crippen LogP contribution < -0.4 is 4.74 Å². The highest BCUT2D eigenvalue weighted by Gasteiger charge is 2.21. The Labute approximate surface area is 206 Å². The van der Waals surface area contributed by atoms with Crippen LogP contribution in [0.3, 0.4) is 0 Å². The van der Waals surface area contributed by atoms with Crippen LogP contribution in [-0.2, 0) is 13.0 Å². The maximum Gasteiger partial charge on any atom is 0.270 e. The van der Waals surface area contributed by atoms with E-state index in [9.17, 15) is 14.9 Å². The molecule has 174 valence electrons. The number of nitrogens with one attached hydrogen (secondary N) is 1. The van der Waals surface area contributed by atoms with Gasteiger partial charge in [0.15, 0.2) is 0 Å². The predicted octanol–water partition coefficient (Wildman–Crippen LogP) is 6.28. The fraction of sp³-hybridized carbons (Fsp3) is 0.160. The standard InChI is InChI=1S/C25H21Cl2N3O4/c1-34-20-7-9-24-22(13-20)17(14-28-24)10-11-29(15-16-2-4-18(26)5-3-16)25(31)21-8-6-19(30(32)33)12-23(21)27/h2-9,12-14,28H,10-11,15H2,1H3. The summed E-state index contributed by atoms with van der Waals surface area (Å²) in [5.41, 5.74) is 2.96. The zero-order valence-electron chi connectivity index (χ0n) is 18.3. The summed E-state index contributed by atoms with van der Waals surface area (Å²) in [6.07, 6.45) is 2.50. The second-order valence-electron chi connectivity index (χ2n) is 7.75. The fourth-order valence-corrected chi connectivity index (χ4v) is 4.15. The number of nitrogens with zero attached hydrogens (tertiary/aromatic N) is 2. The van der Waals surface area contributed by atoms with Gasteiger partial charge in [0.1, 0.15) is 5.75 Å². The molecule has 0 saturated carbocycles. The summed E-state index contributed by atoms with van der Waals surface area (Å²) in [4.78, 5) is 28.9. The van der Waals surface area contributed by atoms with Crippen LogP contribution in [0.2, 0.25) is 10.0 Å². The van der Waals surface area contributed by atoms with Crippen molar-refractivity contribution in [1.29, 1.82) is 0 Å². The number of hydrogen-bond acceptors (Lipinski definition) is 4. The molecule has 0 aliphatic carbocycles. The molecule has 3 aromatic carbocycles. The molecule has 1 aromatic heterocycles. The number of methoxy groups -OCH3 is 1. The van der Waals surface area contributed by atoms with Crippen molar-refractivity contribution < 1.29 is 14.5 Å². The third-order valence-corrected chi connectivity index (χ3v) is 6.16. The molecule has 7 nitrogen and oxygen atoms in total. The molecule has 0 saturated heterocycles. The summed E-state index contributed by atoms with van der Waals surface area (Å²) in [7, 11) is 1.62. The summed E-state index contributed by atoms with van der Waals surface area (Å²) in [6, 6.07) is 16.9. The van der Waals surface area contributed by atoms with Crippen LogP contribution in [0, 0.1) is 10.1 Å². The van der Waals surface area contributed by atoms with Crippen molar-refractivity contribution in [3.63, 3.8) is 0 Å². The van der Waals surface area contributed by atoms with Crippen LogP contribution in [0.1, 0.15) is 21.5 Å². The Morgan fingerprint density at radius 3 is 2.53 bits per heavy atom. The zero-order valence-corrected chi connectivity index (χ0v) is 19.8. The lowest BCUT2D eigenvalue weighted by Gasteiger charge is -2.23. The van der Waals surface area contributed by atoms with Gasteiger partial charge in [-0.2, -0.15) is 0 Å². The van der Waals surface area contributed by atoms with Gasteiger partial charge in [-0.25, -0.2) is 0 Å². The number of H-pyrrole nitrogens is 1. The molecule has 9 heteroatoms. The van der Waals surface area contributed by atoms with E-state index in [1.54, 1.807) is 24.1 Å². The largest absolute Gasteiger partial charge is 0.497 e. The Balaban J connectivity index is 1.62. The van der Waals surface area contributed by atoms with Gasteiger partial charge in [-0.05, 0) is 53.9 Å². The van der Waals surface area contributed by atoms with Crippen molar-refractivity contribution in [2.24, 2.45) is 0 Å². The number of rotatable bonds is 8. The van der Waals surface area contributed by atoms with E-state index in [1.807, 2.05) is 36.5 Å². The molecule has 0 radical (unpaired) electrons. The molecule has 4 rings (SSSR count). The molecule has 0 bridgehead atoms. The molecule has 1 heterocycles. The first-order valence-electron chi connectivity index (χ1n) is 10.5. The van der Waals surface area contributed by atoms with Gasteiger partial charge >= 0.3 is 0 Å². The number of non-ortho nitro benzene ring substituents is 1. The smallest absolute Gasteiger partial charge is 0.270 e. The third-order valence-electron chi connectivity index (χ3n) is 5.59. The van der Waals surface area contributed by atoms with Crippen molar-refractivity contribution in [2.75, 3.05) is 13.7 Å². The lowest BCUT2D eigenvalue weighted by atomic mass is 10.1. The quantitative estimate of drug-likeness (QED) is 0.229. The van der Waals surface area contributed by atoms with Gasteiger partial charge in [0.25, 0.3) is 11.6 Å². The van der Waals surface area contributed by atoms with E-state index in [4.69, 9.17) is 27.9 Å². The molecule has 4 aromatic rings. The van der Waals surface area contributed by atoms with E-state index in [1.165, 1.54) is 18.2 Å². The predicted molar refractivity (Wildman–Crippen MR) is 133 cm³/mol. The van der Waals surface area contributed by atoms with Gasteiger partial charge in [-0.3, -0.25) is 14.9 Å². The monoisotopic (exact) mass is 497 g/mol. The number of carbonyl (C=O) groups is 1. The molecule has 1 amide bonds. The van der Waals surface area contributed by atoms with E-state index in [0.717, 1.165) is 27.8 Å². The van der Waals surface area contributed by atoms with E-state index in [0.29, 0.717) is 24.5 Å². The van der Waals surface area contributed by atoms with E-state index in [-0.39, 0.29) is 22.2 Å². The molecular formula is C25H21Cl2N3O4. The number of nitro groups is 1. The summed E-state index contributed by atoms with van der Waals surface area (Å²) in [6.45, 7) is 0.730. The minimum atomic E-state index is -0.545. The SMILES string of the molecule is COc1ccc2[nH]cc(CCN(Cc3ccc(Cl)cc3)C(=O)c3ccc([N+](=O)[O-])cc3Cl)c2c1. The highest BCUT2D eigenvalue weighted by Crippen LogP contribution is 2.27. The summed E-state index contributed by atoms with van der Waals surface area (Å²) >= 11 is 12.3. The number of carbonyl (C=O) groups excluding carboxylic acids is 1. The third kappa shape index (κ3) is 5.16. The molecule has 0 fully saturated rings. The first-order chi connectivity index (χ1) is 16.4.